The van der Waals surface area contributed by atoms with Gasteiger partial charge in [-0.1, -0.05) is 15.9 Å². The molecule has 4 nitrogen and oxygen atoms in total. The first-order valence-corrected chi connectivity index (χ1v) is 6.77. The van der Waals surface area contributed by atoms with Crippen LogP contribution in [0.2, 0.25) is 0 Å². The summed E-state index contributed by atoms with van der Waals surface area (Å²) in [6, 6.07) is 1.42. The average Bonchev–Trinajstić information content (AvgIpc) is 2.77. The molecule has 0 aliphatic heterocycles. The highest BCUT2D eigenvalue weighted by atomic mass is 79.9. The molecule has 0 unspecified atom stereocenters. The Morgan fingerprint density at radius 3 is 2.85 bits per heavy atom. The second kappa shape index (κ2) is 5.87. The van der Waals surface area contributed by atoms with Gasteiger partial charge >= 0.3 is 5.97 Å². The lowest BCUT2D eigenvalue weighted by Crippen LogP contribution is -2.08. The van der Waals surface area contributed by atoms with Crippen LogP contribution >= 0.6 is 15.9 Å². The van der Waals surface area contributed by atoms with E-state index < -0.39 is 6.43 Å². The number of rotatable bonds is 4. The highest BCUT2D eigenvalue weighted by molar-refractivity contribution is 9.10. The average molecular weight is 347 g/mol. The van der Waals surface area contributed by atoms with Crippen molar-refractivity contribution in [2.45, 2.75) is 26.8 Å². The third-order valence-corrected chi connectivity index (χ3v) is 3.75. The van der Waals surface area contributed by atoms with Gasteiger partial charge in [-0.25, -0.2) is 8.78 Å². The van der Waals surface area contributed by atoms with Crippen molar-refractivity contribution in [3.05, 3.63) is 27.9 Å². The highest BCUT2D eigenvalue weighted by Crippen LogP contribution is 2.33. The fourth-order valence-electron chi connectivity index (χ4n) is 1.92. The van der Waals surface area contributed by atoms with Gasteiger partial charge in [0.15, 0.2) is 0 Å². The van der Waals surface area contributed by atoms with Crippen LogP contribution in [-0.2, 0) is 16.1 Å². The molecule has 2 rings (SSSR count). The number of aromatic nitrogens is 2. The van der Waals surface area contributed by atoms with Crippen molar-refractivity contribution >= 4 is 32.8 Å². The molecule has 1 aromatic heterocycles. The normalized spacial score (nSPS) is 11.3. The van der Waals surface area contributed by atoms with Gasteiger partial charge in [-0.2, -0.15) is 5.10 Å². The molecule has 1 aromatic carbocycles. The highest BCUT2D eigenvalue weighted by Gasteiger charge is 2.18. The maximum Gasteiger partial charge on any atom is 0.302 e. The number of benzene rings is 1. The number of nitrogens with zero attached hydrogens (tertiary/aromatic N) is 2. The number of alkyl halides is 2. The molecule has 0 aliphatic rings. The summed E-state index contributed by atoms with van der Waals surface area (Å²) in [5.41, 5.74) is 1.27. The molecule has 0 atom stereocenters. The van der Waals surface area contributed by atoms with Gasteiger partial charge in [0.05, 0.1) is 12.1 Å². The quantitative estimate of drug-likeness (QED) is 0.794. The van der Waals surface area contributed by atoms with E-state index in [1.807, 2.05) is 6.92 Å². The molecular weight excluding hydrogens is 334 g/mol. The molecule has 0 bridgehead atoms. The molecule has 108 valence electrons. The minimum Gasteiger partial charge on any atom is -0.464 e. The van der Waals surface area contributed by atoms with E-state index in [4.69, 9.17) is 4.74 Å². The number of esters is 1. The van der Waals surface area contributed by atoms with Gasteiger partial charge in [0.25, 0.3) is 6.43 Å². The summed E-state index contributed by atoms with van der Waals surface area (Å²) in [5.74, 6) is -0.381. The maximum atomic E-state index is 13.0. The fraction of sp³-hybridized carbons (Fsp3) is 0.385. The number of ether oxygens (including phenoxy) is 1. The summed E-state index contributed by atoms with van der Waals surface area (Å²) in [7, 11) is 0. The molecular formula is C13H13BrF2N2O2. The Kier molecular flexibility index (Phi) is 4.37. The standard InChI is InChI=1S/C13H13BrF2N2O2/c1-7-11(14)5-9(13(15)16)10-6-18(17-12(7)10)3-4-20-8(2)19/h5-6,13H,3-4H2,1-2H3. The number of fused-ring (bicyclic) bond motifs is 1. The van der Waals surface area contributed by atoms with Crippen molar-refractivity contribution in [3.8, 4) is 0 Å². The van der Waals surface area contributed by atoms with Crippen LogP contribution in [0.3, 0.4) is 0 Å². The van der Waals surface area contributed by atoms with Crippen LogP contribution in [0.5, 0.6) is 0 Å². The molecule has 1 heterocycles. The summed E-state index contributed by atoms with van der Waals surface area (Å²) in [6.07, 6.45) is -1.01. The molecule has 0 aliphatic carbocycles. The summed E-state index contributed by atoms with van der Waals surface area (Å²) in [4.78, 5) is 10.7. The number of hydrogen-bond acceptors (Lipinski definition) is 3. The zero-order chi connectivity index (χ0) is 14.9. The lowest BCUT2D eigenvalue weighted by Gasteiger charge is -2.05. The number of aryl methyl sites for hydroxylation is 1. The molecule has 7 heteroatoms. The van der Waals surface area contributed by atoms with Gasteiger partial charge < -0.3 is 4.74 Å². The van der Waals surface area contributed by atoms with Gasteiger partial charge in [0, 0.05) is 28.5 Å². The zero-order valence-corrected chi connectivity index (χ0v) is 12.6. The van der Waals surface area contributed by atoms with Crippen LogP contribution in [0.25, 0.3) is 10.9 Å². The van der Waals surface area contributed by atoms with Gasteiger partial charge in [0.1, 0.15) is 6.61 Å². The summed E-state index contributed by atoms with van der Waals surface area (Å²) in [6.45, 7) is 3.61. The van der Waals surface area contributed by atoms with Crippen molar-refractivity contribution in [3.63, 3.8) is 0 Å². The molecule has 0 N–H and O–H groups in total. The number of hydrogen-bond donors (Lipinski definition) is 0. The molecule has 0 fully saturated rings. The SMILES string of the molecule is CC(=O)OCCn1cc2c(C(F)F)cc(Br)c(C)c2n1. The minimum atomic E-state index is -2.57. The van der Waals surface area contributed by atoms with Crippen LogP contribution in [-0.4, -0.2) is 22.4 Å². The fourth-order valence-corrected chi connectivity index (χ4v) is 2.36. The first-order valence-electron chi connectivity index (χ1n) is 5.98. The van der Waals surface area contributed by atoms with Crippen molar-refractivity contribution in [1.82, 2.24) is 9.78 Å². The lowest BCUT2D eigenvalue weighted by atomic mass is 10.1. The third-order valence-electron chi connectivity index (χ3n) is 2.93. The van der Waals surface area contributed by atoms with Gasteiger partial charge in [-0.3, -0.25) is 9.48 Å². The molecule has 0 saturated carbocycles. The Bertz CT molecular complexity index is 655. The van der Waals surface area contributed by atoms with Crippen molar-refractivity contribution in [2.24, 2.45) is 0 Å². The molecule has 0 radical (unpaired) electrons. The van der Waals surface area contributed by atoms with Crippen LogP contribution in [0, 0.1) is 6.92 Å². The van der Waals surface area contributed by atoms with E-state index in [-0.39, 0.29) is 18.1 Å². The Morgan fingerprint density at radius 1 is 1.55 bits per heavy atom. The summed E-state index contributed by atoms with van der Waals surface area (Å²) >= 11 is 3.26. The Balaban J connectivity index is 2.39. The van der Waals surface area contributed by atoms with Crippen molar-refractivity contribution in [2.75, 3.05) is 6.61 Å². The topological polar surface area (TPSA) is 44.1 Å². The van der Waals surface area contributed by atoms with E-state index in [0.29, 0.717) is 21.9 Å². The number of carbonyl (C=O) groups excluding carboxylic acids is 1. The van der Waals surface area contributed by atoms with Gasteiger partial charge in [-0.05, 0) is 18.6 Å². The monoisotopic (exact) mass is 346 g/mol. The predicted molar refractivity (Wildman–Crippen MR) is 73.8 cm³/mol. The van der Waals surface area contributed by atoms with Crippen molar-refractivity contribution < 1.29 is 18.3 Å². The van der Waals surface area contributed by atoms with E-state index in [1.54, 1.807) is 6.20 Å². The predicted octanol–water partition coefficient (Wildman–Crippen LogP) is 3.61. The Morgan fingerprint density at radius 2 is 2.25 bits per heavy atom. The van der Waals surface area contributed by atoms with Gasteiger partial charge in [-0.15, -0.1) is 0 Å². The number of halogens is 3. The largest absolute Gasteiger partial charge is 0.464 e. The third kappa shape index (κ3) is 2.98. The zero-order valence-electron chi connectivity index (χ0n) is 11.0. The maximum absolute atomic E-state index is 13.0. The first kappa shape index (κ1) is 14.9. The van der Waals surface area contributed by atoms with E-state index in [1.165, 1.54) is 17.7 Å². The molecule has 0 spiro atoms. The smallest absolute Gasteiger partial charge is 0.302 e. The van der Waals surface area contributed by atoms with E-state index in [0.717, 1.165) is 5.56 Å². The Hall–Kier alpha value is -1.50. The lowest BCUT2D eigenvalue weighted by molar-refractivity contribution is -0.141. The van der Waals surface area contributed by atoms with E-state index in [9.17, 15) is 13.6 Å². The van der Waals surface area contributed by atoms with Crippen LogP contribution < -0.4 is 0 Å². The second-order valence-electron chi connectivity index (χ2n) is 4.37. The second-order valence-corrected chi connectivity index (χ2v) is 5.22. The summed E-state index contributed by atoms with van der Waals surface area (Å²) in [5, 5.41) is 4.69. The van der Waals surface area contributed by atoms with Crippen LogP contribution in [0.1, 0.15) is 24.5 Å². The summed E-state index contributed by atoms with van der Waals surface area (Å²) < 4.78 is 33.0. The molecule has 0 saturated heterocycles. The van der Waals surface area contributed by atoms with Crippen molar-refractivity contribution in [1.29, 1.82) is 0 Å². The molecule has 20 heavy (non-hydrogen) atoms. The first-order chi connectivity index (χ1) is 9.40. The number of carbonyl (C=O) groups is 1. The van der Waals surface area contributed by atoms with E-state index in [2.05, 4.69) is 21.0 Å². The Labute approximate surface area is 122 Å². The van der Waals surface area contributed by atoms with Crippen LogP contribution in [0.4, 0.5) is 8.78 Å². The van der Waals surface area contributed by atoms with Gasteiger partial charge in [0.2, 0.25) is 0 Å². The minimum absolute atomic E-state index is 0.0591. The molecule has 2 aromatic rings. The van der Waals surface area contributed by atoms with Crippen LogP contribution in [0.15, 0.2) is 16.7 Å². The van der Waals surface area contributed by atoms with E-state index >= 15 is 0 Å². The molecule has 0 amide bonds.